The summed E-state index contributed by atoms with van der Waals surface area (Å²) in [5.41, 5.74) is 1.20. The molecular weight excluding hydrogens is 286 g/mol. The van der Waals surface area contributed by atoms with Gasteiger partial charge in [0, 0.05) is 16.2 Å². The summed E-state index contributed by atoms with van der Waals surface area (Å²) in [4.78, 5) is 13.9. The fourth-order valence-electron chi connectivity index (χ4n) is 1.44. The molecule has 2 nitrogen and oxygen atoms in total. The van der Waals surface area contributed by atoms with Crippen molar-refractivity contribution in [2.24, 2.45) is 0 Å². The van der Waals surface area contributed by atoms with Gasteiger partial charge in [0.05, 0.1) is 4.88 Å². The average Bonchev–Trinajstić information content (AvgIpc) is 2.56. The number of nitrogens with one attached hydrogen (secondary N) is 1. The third kappa shape index (κ3) is 3.91. The minimum Gasteiger partial charge on any atom is -0.349 e. The zero-order valence-electron chi connectivity index (χ0n) is 9.97. The van der Waals surface area contributed by atoms with E-state index in [9.17, 15) is 4.79 Å². The lowest BCUT2D eigenvalue weighted by Crippen LogP contribution is -2.32. The quantitative estimate of drug-likeness (QED) is 0.826. The summed E-state index contributed by atoms with van der Waals surface area (Å²) in [7, 11) is 0. The van der Waals surface area contributed by atoms with Crippen LogP contribution in [0.1, 0.15) is 39.9 Å². The van der Waals surface area contributed by atoms with Crippen molar-refractivity contribution in [3.63, 3.8) is 0 Å². The van der Waals surface area contributed by atoms with Crippen LogP contribution in [-0.4, -0.2) is 17.3 Å². The lowest BCUT2D eigenvalue weighted by Gasteiger charge is -2.11. The number of aryl methyl sites for hydroxylation is 2. The largest absolute Gasteiger partial charge is 0.349 e. The van der Waals surface area contributed by atoms with Crippen molar-refractivity contribution in [3.05, 3.63) is 21.4 Å². The summed E-state index contributed by atoms with van der Waals surface area (Å²) in [5, 5.41) is 4.01. The second kappa shape index (κ2) is 6.40. The lowest BCUT2D eigenvalue weighted by atomic mass is 10.2. The molecule has 1 amide bonds. The first-order valence-corrected chi connectivity index (χ1v) is 7.42. The third-order valence-corrected chi connectivity index (χ3v) is 4.25. The van der Waals surface area contributed by atoms with Gasteiger partial charge in [-0.15, -0.1) is 11.3 Å². The molecule has 1 N–H and O–H groups in total. The molecule has 1 aromatic heterocycles. The van der Waals surface area contributed by atoms with E-state index in [-0.39, 0.29) is 11.9 Å². The smallest absolute Gasteiger partial charge is 0.261 e. The van der Waals surface area contributed by atoms with E-state index in [1.54, 1.807) is 11.3 Å². The fraction of sp³-hybridized carbons (Fsp3) is 0.583. The Morgan fingerprint density at radius 2 is 2.25 bits per heavy atom. The van der Waals surface area contributed by atoms with Crippen LogP contribution in [0.2, 0.25) is 0 Å². The van der Waals surface area contributed by atoms with E-state index in [1.807, 2.05) is 26.8 Å². The summed E-state index contributed by atoms with van der Waals surface area (Å²) in [6.45, 7) is 6.13. The van der Waals surface area contributed by atoms with Crippen LogP contribution in [0.15, 0.2) is 6.07 Å². The van der Waals surface area contributed by atoms with Gasteiger partial charge in [-0.1, -0.05) is 15.9 Å². The van der Waals surface area contributed by atoms with E-state index < -0.39 is 0 Å². The molecule has 0 aromatic carbocycles. The maximum absolute atomic E-state index is 11.9. The van der Waals surface area contributed by atoms with Gasteiger partial charge in [-0.2, -0.15) is 0 Å². The van der Waals surface area contributed by atoms with Gasteiger partial charge in [0.2, 0.25) is 0 Å². The van der Waals surface area contributed by atoms with Gasteiger partial charge in [-0.3, -0.25) is 4.79 Å². The number of rotatable bonds is 5. The molecule has 1 heterocycles. The van der Waals surface area contributed by atoms with Gasteiger partial charge in [0.25, 0.3) is 5.91 Å². The molecule has 0 fully saturated rings. The molecule has 0 saturated carbocycles. The monoisotopic (exact) mass is 303 g/mol. The molecule has 4 heteroatoms. The van der Waals surface area contributed by atoms with E-state index in [2.05, 4.69) is 21.2 Å². The van der Waals surface area contributed by atoms with Gasteiger partial charge in [-0.25, -0.2) is 0 Å². The molecule has 0 aliphatic rings. The van der Waals surface area contributed by atoms with Crippen LogP contribution in [0.25, 0.3) is 0 Å². The van der Waals surface area contributed by atoms with Gasteiger partial charge in [-0.05, 0) is 45.2 Å². The van der Waals surface area contributed by atoms with Crippen molar-refractivity contribution in [2.75, 3.05) is 5.33 Å². The maximum Gasteiger partial charge on any atom is 0.261 e. The van der Waals surface area contributed by atoms with Crippen molar-refractivity contribution < 1.29 is 4.79 Å². The van der Waals surface area contributed by atoms with Crippen molar-refractivity contribution in [1.29, 1.82) is 0 Å². The van der Waals surface area contributed by atoms with Crippen molar-refractivity contribution in [3.8, 4) is 0 Å². The van der Waals surface area contributed by atoms with E-state index in [0.717, 1.165) is 23.0 Å². The highest BCUT2D eigenvalue weighted by atomic mass is 79.9. The molecule has 0 bridgehead atoms. The number of amides is 1. The molecule has 1 atom stereocenters. The summed E-state index contributed by atoms with van der Waals surface area (Å²) >= 11 is 4.96. The Hall–Kier alpha value is -0.350. The highest BCUT2D eigenvalue weighted by Gasteiger charge is 2.12. The number of hydrogen-bond acceptors (Lipinski definition) is 2. The van der Waals surface area contributed by atoms with Gasteiger partial charge in [0.1, 0.15) is 0 Å². The summed E-state index contributed by atoms with van der Waals surface area (Å²) in [5.74, 6) is 0.0586. The third-order valence-electron chi connectivity index (χ3n) is 2.54. The van der Waals surface area contributed by atoms with Crippen LogP contribution >= 0.6 is 27.3 Å². The van der Waals surface area contributed by atoms with Crippen molar-refractivity contribution >= 4 is 33.2 Å². The zero-order chi connectivity index (χ0) is 12.1. The first-order chi connectivity index (χ1) is 7.54. The summed E-state index contributed by atoms with van der Waals surface area (Å²) in [6.07, 6.45) is 2.10. The molecule has 90 valence electrons. The second-order valence-electron chi connectivity index (χ2n) is 4.06. The average molecular weight is 304 g/mol. The molecule has 1 rings (SSSR count). The first kappa shape index (κ1) is 13.7. The van der Waals surface area contributed by atoms with Crippen LogP contribution < -0.4 is 5.32 Å². The minimum absolute atomic E-state index is 0.0586. The topological polar surface area (TPSA) is 29.1 Å². The van der Waals surface area contributed by atoms with Crippen LogP contribution in [0.3, 0.4) is 0 Å². The molecule has 1 aromatic rings. The van der Waals surface area contributed by atoms with Crippen molar-refractivity contribution in [1.82, 2.24) is 5.32 Å². The molecule has 16 heavy (non-hydrogen) atoms. The fourth-order valence-corrected chi connectivity index (χ4v) is 2.70. The van der Waals surface area contributed by atoms with Gasteiger partial charge < -0.3 is 5.32 Å². The molecular formula is C12H18BrNOS. The molecule has 0 aliphatic carbocycles. The lowest BCUT2D eigenvalue weighted by molar-refractivity contribution is 0.0942. The Morgan fingerprint density at radius 3 is 2.75 bits per heavy atom. The number of alkyl halides is 1. The number of carbonyl (C=O) groups is 1. The van der Waals surface area contributed by atoms with Gasteiger partial charge in [0.15, 0.2) is 0 Å². The predicted molar refractivity (Wildman–Crippen MR) is 73.7 cm³/mol. The van der Waals surface area contributed by atoms with E-state index in [0.29, 0.717) is 0 Å². The Kier molecular flexibility index (Phi) is 5.49. The van der Waals surface area contributed by atoms with E-state index in [4.69, 9.17) is 0 Å². The Labute approximate surface area is 110 Å². The highest BCUT2D eigenvalue weighted by Crippen LogP contribution is 2.20. The zero-order valence-corrected chi connectivity index (χ0v) is 12.4. The van der Waals surface area contributed by atoms with E-state index >= 15 is 0 Å². The number of halogens is 1. The van der Waals surface area contributed by atoms with Crippen LogP contribution in [0, 0.1) is 13.8 Å². The molecule has 0 saturated heterocycles. The van der Waals surface area contributed by atoms with Gasteiger partial charge >= 0.3 is 0 Å². The number of hydrogen-bond donors (Lipinski definition) is 1. The van der Waals surface area contributed by atoms with Crippen LogP contribution in [0.4, 0.5) is 0 Å². The molecule has 0 radical (unpaired) electrons. The molecule has 1 unspecified atom stereocenters. The normalized spacial score (nSPS) is 12.5. The van der Waals surface area contributed by atoms with Crippen molar-refractivity contribution in [2.45, 2.75) is 39.7 Å². The number of carbonyl (C=O) groups excluding carboxylic acids is 1. The predicted octanol–water partition coefficient (Wildman–Crippen LogP) is 3.66. The minimum atomic E-state index is 0.0586. The molecule has 0 spiro atoms. The molecule has 0 aliphatic heterocycles. The second-order valence-corrected chi connectivity index (χ2v) is 6.10. The summed E-state index contributed by atoms with van der Waals surface area (Å²) < 4.78 is 0. The first-order valence-electron chi connectivity index (χ1n) is 5.48. The number of thiophene rings is 1. The Bertz CT molecular complexity index is 342. The van der Waals surface area contributed by atoms with E-state index in [1.165, 1.54) is 10.4 Å². The van der Waals surface area contributed by atoms with Crippen LogP contribution in [0.5, 0.6) is 0 Å². The highest BCUT2D eigenvalue weighted by molar-refractivity contribution is 9.09. The summed E-state index contributed by atoms with van der Waals surface area (Å²) in [6, 6.07) is 2.21. The van der Waals surface area contributed by atoms with Crippen LogP contribution in [-0.2, 0) is 0 Å². The SMILES string of the molecule is Cc1cc(C(=O)NC(C)CCCBr)sc1C. The Morgan fingerprint density at radius 1 is 1.56 bits per heavy atom. The Balaban J connectivity index is 2.52. The standard InChI is InChI=1S/C12H18BrNOS/c1-8-7-11(16-10(8)3)12(15)14-9(2)5-4-6-13/h7,9H,4-6H2,1-3H3,(H,14,15). The maximum atomic E-state index is 11.9.